The second-order valence-corrected chi connectivity index (χ2v) is 4.70. The summed E-state index contributed by atoms with van der Waals surface area (Å²) in [5, 5.41) is 0. The molecule has 1 aliphatic heterocycles. The number of alkyl halides is 3. The van der Waals surface area contributed by atoms with Gasteiger partial charge in [-0.3, -0.25) is 4.79 Å². The van der Waals surface area contributed by atoms with Crippen LogP contribution in [0.5, 0.6) is 5.75 Å². The van der Waals surface area contributed by atoms with Crippen LogP contribution < -0.4 is 4.74 Å². The lowest BCUT2D eigenvalue weighted by Crippen LogP contribution is -2.38. The van der Waals surface area contributed by atoms with Gasteiger partial charge in [-0.05, 0) is 24.6 Å². The molecule has 1 aromatic rings. The molecule has 1 aromatic carbocycles. The molecule has 2 rings (SSSR count). The van der Waals surface area contributed by atoms with Crippen molar-refractivity contribution in [1.82, 2.24) is 4.90 Å². The molecule has 0 aliphatic carbocycles. The Morgan fingerprint density at radius 2 is 2.10 bits per heavy atom. The number of nitrogens with zero attached hydrogens (tertiary/aromatic N) is 1. The summed E-state index contributed by atoms with van der Waals surface area (Å²) in [7, 11) is 0. The first-order chi connectivity index (χ1) is 9.26. The number of hydrogen-bond donors (Lipinski definition) is 0. The van der Waals surface area contributed by atoms with Gasteiger partial charge >= 0.3 is 6.18 Å². The smallest absolute Gasteiger partial charge is 0.406 e. The molecule has 1 fully saturated rings. The Morgan fingerprint density at radius 3 is 2.75 bits per heavy atom. The highest BCUT2D eigenvalue weighted by atomic mass is 19.4. The van der Waals surface area contributed by atoms with E-state index in [1.807, 2.05) is 0 Å². The van der Waals surface area contributed by atoms with E-state index in [0.717, 1.165) is 5.56 Å². The SMILES string of the molecule is Cc1ccc(F)c(OC2CCN(CC(F)(F)F)C2=O)c1. The van der Waals surface area contributed by atoms with Crippen LogP contribution >= 0.6 is 0 Å². The standard InChI is InChI=1S/C13H13F4NO2/c1-8-2-3-9(14)11(6-8)20-10-4-5-18(12(10)19)7-13(15,16)17/h2-3,6,10H,4-5,7H2,1H3. The van der Waals surface area contributed by atoms with Gasteiger partial charge in [-0.1, -0.05) is 6.07 Å². The van der Waals surface area contributed by atoms with Crippen molar-refractivity contribution in [2.45, 2.75) is 25.6 Å². The van der Waals surface area contributed by atoms with Gasteiger partial charge < -0.3 is 9.64 Å². The molecule has 1 atom stereocenters. The van der Waals surface area contributed by atoms with E-state index in [-0.39, 0.29) is 18.7 Å². The highest BCUT2D eigenvalue weighted by Crippen LogP contribution is 2.25. The molecule has 3 nitrogen and oxygen atoms in total. The maximum atomic E-state index is 13.5. The zero-order valence-corrected chi connectivity index (χ0v) is 10.7. The number of carbonyl (C=O) groups excluding carboxylic acids is 1. The quantitative estimate of drug-likeness (QED) is 0.801. The van der Waals surface area contributed by atoms with Crippen LogP contribution in [0.25, 0.3) is 0 Å². The Morgan fingerprint density at radius 1 is 1.40 bits per heavy atom. The predicted octanol–water partition coefficient (Wildman–Crippen LogP) is 2.68. The fourth-order valence-corrected chi connectivity index (χ4v) is 2.05. The van der Waals surface area contributed by atoms with Crippen molar-refractivity contribution in [2.24, 2.45) is 0 Å². The lowest BCUT2D eigenvalue weighted by molar-refractivity contribution is -0.159. The Balaban J connectivity index is 2.05. The first kappa shape index (κ1) is 14.6. The van der Waals surface area contributed by atoms with Gasteiger partial charge in [0.05, 0.1) is 0 Å². The van der Waals surface area contributed by atoms with E-state index in [2.05, 4.69) is 0 Å². The molecule has 0 spiro atoms. The number of aryl methyl sites for hydroxylation is 1. The molecule has 0 aromatic heterocycles. The summed E-state index contributed by atoms with van der Waals surface area (Å²) in [4.78, 5) is 12.4. The third-order valence-electron chi connectivity index (χ3n) is 2.97. The molecular formula is C13H13F4NO2. The van der Waals surface area contributed by atoms with Gasteiger partial charge in [0.1, 0.15) is 6.54 Å². The number of amides is 1. The monoisotopic (exact) mass is 291 g/mol. The number of carbonyl (C=O) groups is 1. The molecule has 1 heterocycles. The minimum absolute atomic E-state index is 0.0452. The highest BCUT2D eigenvalue weighted by molar-refractivity contribution is 5.83. The van der Waals surface area contributed by atoms with E-state index in [1.54, 1.807) is 6.92 Å². The predicted molar refractivity (Wildman–Crippen MR) is 62.8 cm³/mol. The molecular weight excluding hydrogens is 278 g/mol. The number of benzene rings is 1. The summed E-state index contributed by atoms with van der Waals surface area (Å²) in [6.45, 7) is 0.372. The number of hydrogen-bond acceptors (Lipinski definition) is 2. The Kier molecular flexibility index (Phi) is 3.87. The third kappa shape index (κ3) is 3.40. The second kappa shape index (κ2) is 5.30. The number of ether oxygens (including phenoxy) is 1. The van der Waals surface area contributed by atoms with E-state index < -0.39 is 30.5 Å². The van der Waals surface area contributed by atoms with Gasteiger partial charge in [-0.15, -0.1) is 0 Å². The van der Waals surface area contributed by atoms with Crippen LogP contribution in [0.2, 0.25) is 0 Å². The molecule has 1 amide bonds. The minimum atomic E-state index is -4.45. The summed E-state index contributed by atoms with van der Waals surface area (Å²) in [5.41, 5.74) is 0.735. The molecule has 0 radical (unpaired) electrons. The number of halogens is 4. The molecule has 0 bridgehead atoms. The molecule has 0 saturated carbocycles. The van der Waals surface area contributed by atoms with Crippen molar-refractivity contribution >= 4 is 5.91 Å². The average molecular weight is 291 g/mol. The normalized spacial score (nSPS) is 19.6. The van der Waals surface area contributed by atoms with Gasteiger partial charge in [0, 0.05) is 13.0 Å². The number of likely N-dealkylation sites (tertiary alicyclic amines) is 1. The summed E-state index contributed by atoms with van der Waals surface area (Å²) >= 11 is 0. The van der Waals surface area contributed by atoms with Crippen molar-refractivity contribution in [2.75, 3.05) is 13.1 Å². The Hall–Kier alpha value is -1.79. The zero-order chi connectivity index (χ0) is 14.9. The maximum Gasteiger partial charge on any atom is 0.406 e. The van der Waals surface area contributed by atoms with E-state index >= 15 is 0 Å². The molecule has 1 saturated heterocycles. The van der Waals surface area contributed by atoms with E-state index in [1.165, 1.54) is 18.2 Å². The van der Waals surface area contributed by atoms with Crippen LogP contribution in [0.1, 0.15) is 12.0 Å². The van der Waals surface area contributed by atoms with Gasteiger partial charge in [0.25, 0.3) is 5.91 Å². The number of rotatable bonds is 3. The van der Waals surface area contributed by atoms with Crippen LogP contribution in [0.3, 0.4) is 0 Å². The van der Waals surface area contributed by atoms with Crippen LogP contribution in [-0.4, -0.2) is 36.2 Å². The summed E-state index contributed by atoms with van der Waals surface area (Å²) in [5.74, 6) is -1.52. The Labute approximate surface area is 113 Å². The first-order valence-electron chi connectivity index (χ1n) is 6.04. The molecule has 1 unspecified atom stereocenters. The Bertz CT molecular complexity index is 516. The van der Waals surface area contributed by atoms with Crippen molar-refractivity contribution in [1.29, 1.82) is 0 Å². The van der Waals surface area contributed by atoms with Gasteiger partial charge in [0.15, 0.2) is 17.7 Å². The maximum absolute atomic E-state index is 13.5. The molecule has 20 heavy (non-hydrogen) atoms. The van der Waals surface area contributed by atoms with Crippen LogP contribution in [-0.2, 0) is 4.79 Å². The molecule has 7 heteroatoms. The minimum Gasteiger partial charge on any atom is -0.477 e. The second-order valence-electron chi connectivity index (χ2n) is 4.70. The van der Waals surface area contributed by atoms with Gasteiger partial charge in [0.2, 0.25) is 0 Å². The topological polar surface area (TPSA) is 29.5 Å². The van der Waals surface area contributed by atoms with Crippen molar-refractivity contribution in [3.63, 3.8) is 0 Å². The largest absolute Gasteiger partial charge is 0.477 e. The van der Waals surface area contributed by atoms with Crippen molar-refractivity contribution in [3.8, 4) is 5.75 Å². The molecule has 1 aliphatic rings. The summed E-state index contributed by atoms with van der Waals surface area (Å²) in [6.07, 6.45) is -5.39. The van der Waals surface area contributed by atoms with E-state index in [0.29, 0.717) is 4.90 Å². The van der Waals surface area contributed by atoms with Gasteiger partial charge in [-0.2, -0.15) is 13.2 Å². The molecule has 0 N–H and O–H groups in total. The summed E-state index contributed by atoms with van der Waals surface area (Å²) in [6, 6.07) is 4.14. The fourth-order valence-electron chi connectivity index (χ4n) is 2.05. The van der Waals surface area contributed by atoms with E-state index in [4.69, 9.17) is 4.74 Å². The van der Waals surface area contributed by atoms with Crippen LogP contribution in [0.15, 0.2) is 18.2 Å². The summed E-state index contributed by atoms with van der Waals surface area (Å²) < 4.78 is 55.5. The zero-order valence-electron chi connectivity index (χ0n) is 10.7. The lowest BCUT2D eigenvalue weighted by atomic mass is 10.2. The molecule has 110 valence electrons. The van der Waals surface area contributed by atoms with Crippen molar-refractivity contribution in [3.05, 3.63) is 29.6 Å². The lowest BCUT2D eigenvalue weighted by Gasteiger charge is -2.18. The van der Waals surface area contributed by atoms with Crippen LogP contribution in [0.4, 0.5) is 17.6 Å². The van der Waals surface area contributed by atoms with Crippen molar-refractivity contribution < 1.29 is 27.1 Å². The highest BCUT2D eigenvalue weighted by Gasteiger charge is 2.40. The van der Waals surface area contributed by atoms with E-state index in [9.17, 15) is 22.4 Å². The fraction of sp³-hybridized carbons (Fsp3) is 0.462. The van der Waals surface area contributed by atoms with Crippen LogP contribution in [0, 0.1) is 12.7 Å². The van der Waals surface area contributed by atoms with Gasteiger partial charge in [-0.25, -0.2) is 4.39 Å². The average Bonchev–Trinajstić information content (AvgIpc) is 2.64. The third-order valence-corrected chi connectivity index (χ3v) is 2.97. The first-order valence-corrected chi connectivity index (χ1v) is 6.04.